The van der Waals surface area contributed by atoms with E-state index >= 15 is 0 Å². The van der Waals surface area contributed by atoms with Gasteiger partial charge in [0.25, 0.3) is 5.69 Å². The van der Waals surface area contributed by atoms with Gasteiger partial charge in [-0.3, -0.25) is 10.1 Å². The minimum absolute atomic E-state index is 0.0766. The Labute approximate surface area is 145 Å². The average Bonchev–Trinajstić information content (AvgIpc) is 2.87. The second-order valence-corrected chi connectivity index (χ2v) is 5.79. The van der Waals surface area contributed by atoms with Crippen LogP contribution in [0.3, 0.4) is 0 Å². The van der Waals surface area contributed by atoms with Gasteiger partial charge >= 0.3 is 0 Å². The summed E-state index contributed by atoms with van der Waals surface area (Å²) < 4.78 is 7.43. The highest BCUT2D eigenvalue weighted by Gasteiger charge is 2.15. The van der Waals surface area contributed by atoms with Gasteiger partial charge in [-0.2, -0.15) is 5.26 Å². The molecule has 3 aromatic rings. The first-order valence-electron chi connectivity index (χ1n) is 7.81. The highest BCUT2D eigenvalue weighted by Crippen LogP contribution is 2.30. The molecule has 0 saturated heterocycles. The van der Waals surface area contributed by atoms with Crippen LogP contribution >= 0.6 is 0 Å². The molecule has 6 nitrogen and oxygen atoms in total. The van der Waals surface area contributed by atoms with Crippen LogP contribution in [0.15, 0.2) is 42.5 Å². The van der Waals surface area contributed by atoms with Gasteiger partial charge in [0.2, 0.25) is 0 Å². The van der Waals surface area contributed by atoms with Gasteiger partial charge in [0.05, 0.1) is 24.5 Å². The summed E-state index contributed by atoms with van der Waals surface area (Å²) in [6.07, 6.45) is 0.322. The monoisotopic (exact) mass is 335 g/mol. The topological polar surface area (TPSA) is 81.1 Å². The standard InChI is InChI=1S/C19H17N3O3/c1-13-17(9-10-20)18-11-16(25-2)7-8-19(18)21(13)12-14-3-5-15(6-4-14)22(23)24/h3-8,11H,9,12H2,1-2H3. The second-order valence-electron chi connectivity index (χ2n) is 5.79. The van der Waals surface area contributed by atoms with E-state index in [4.69, 9.17) is 10.00 Å². The van der Waals surface area contributed by atoms with E-state index in [1.165, 1.54) is 12.1 Å². The van der Waals surface area contributed by atoms with Crippen molar-refractivity contribution in [1.82, 2.24) is 4.57 Å². The minimum Gasteiger partial charge on any atom is -0.497 e. The Morgan fingerprint density at radius 3 is 2.56 bits per heavy atom. The van der Waals surface area contributed by atoms with E-state index in [0.717, 1.165) is 33.5 Å². The molecule has 0 aliphatic carbocycles. The van der Waals surface area contributed by atoms with Gasteiger partial charge in [-0.15, -0.1) is 0 Å². The Morgan fingerprint density at radius 2 is 1.96 bits per heavy atom. The molecule has 0 amide bonds. The number of non-ortho nitro benzene ring substituents is 1. The third-order valence-electron chi connectivity index (χ3n) is 4.40. The van der Waals surface area contributed by atoms with Crippen LogP contribution in [-0.4, -0.2) is 16.6 Å². The first kappa shape index (κ1) is 16.5. The largest absolute Gasteiger partial charge is 0.497 e. The number of ether oxygens (including phenoxy) is 1. The van der Waals surface area contributed by atoms with Crippen molar-refractivity contribution in [2.45, 2.75) is 19.9 Å². The lowest BCUT2D eigenvalue weighted by atomic mass is 10.1. The summed E-state index contributed by atoms with van der Waals surface area (Å²) in [5.41, 5.74) is 4.06. The molecule has 1 aromatic heterocycles. The van der Waals surface area contributed by atoms with Gasteiger partial charge in [0.15, 0.2) is 0 Å². The molecule has 2 aromatic carbocycles. The molecule has 0 fully saturated rings. The van der Waals surface area contributed by atoms with E-state index in [2.05, 4.69) is 10.6 Å². The Balaban J connectivity index is 2.07. The van der Waals surface area contributed by atoms with Crippen molar-refractivity contribution < 1.29 is 9.66 Å². The van der Waals surface area contributed by atoms with Gasteiger partial charge in [-0.1, -0.05) is 12.1 Å². The Morgan fingerprint density at radius 1 is 1.24 bits per heavy atom. The van der Waals surface area contributed by atoms with Crippen LogP contribution in [0, 0.1) is 28.4 Å². The number of nitro benzene ring substituents is 1. The SMILES string of the molecule is COc1ccc2c(c1)c(CC#N)c(C)n2Cc1ccc([N+](=O)[O-])cc1. The number of methoxy groups -OCH3 is 1. The number of benzene rings is 2. The number of aromatic nitrogens is 1. The predicted molar refractivity (Wildman–Crippen MR) is 94.7 cm³/mol. The lowest BCUT2D eigenvalue weighted by molar-refractivity contribution is -0.384. The fraction of sp³-hybridized carbons (Fsp3) is 0.211. The molecule has 0 spiro atoms. The molecule has 25 heavy (non-hydrogen) atoms. The maximum absolute atomic E-state index is 10.8. The number of hydrogen-bond donors (Lipinski definition) is 0. The zero-order valence-electron chi connectivity index (χ0n) is 14.0. The number of rotatable bonds is 5. The van der Waals surface area contributed by atoms with E-state index in [-0.39, 0.29) is 5.69 Å². The molecular weight excluding hydrogens is 318 g/mol. The Hall–Kier alpha value is -3.33. The van der Waals surface area contributed by atoms with Crippen LogP contribution in [0.25, 0.3) is 10.9 Å². The molecule has 0 atom stereocenters. The van der Waals surface area contributed by atoms with Crippen LogP contribution in [0.2, 0.25) is 0 Å². The quantitative estimate of drug-likeness (QED) is 0.521. The lowest BCUT2D eigenvalue weighted by Gasteiger charge is -2.09. The number of nitro groups is 1. The summed E-state index contributed by atoms with van der Waals surface area (Å²) in [5, 5.41) is 21.0. The molecule has 0 aliphatic rings. The van der Waals surface area contributed by atoms with E-state index in [1.807, 2.05) is 25.1 Å². The molecule has 0 bridgehead atoms. The van der Waals surface area contributed by atoms with Crippen molar-refractivity contribution in [3.05, 3.63) is 69.4 Å². The first-order valence-corrected chi connectivity index (χ1v) is 7.81. The van der Waals surface area contributed by atoms with E-state index in [1.54, 1.807) is 19.2 Å². The molecular formula is C19H17N3O3. The van der Waals surface area contributed by atoms with Crippen molar-refractivity contribution in [3.8, 4) is 11.8 Å². The molecule has 3 rings (SSSR count). The van der Waals surface area contributed by atoms with Crippen LogP contribution in [0.4, 0.5) is 5.69 Å². The number of fused-ring (bicyclic) bond motifs is 1. The van der Waals surface area contributed by atoms with Gasteiger partial charge in [-0.25, -0.2) is 0 Å². The third kappa shape index (κ3) is 3.04. The van der Waals surface area contributed by atoms with Crippen molar-refractivity contribution in [3.63, 3.8) is 0 Å². The molecule has 1 heterocycles. The van der Waals surface area contributed by atoms with E-state index < -0.39 is 4.92 Å². The molecule has 0 saturated carbocycles. The summed E-state index contributed by atoms with van der Waals surface area (Å²) in [5.74, 6) is 0.749. The van der Waals surface area contributed by atoms with Crippen LogP contribution in [0.5, 0.6) is 5.75 Å². The van der Waals surface area contributed by atoms with E-state index in [9.17, 15) is 10.1 Å². The predicted octanol–water partition coefficient (Wildman–Crippen LogP) is 3.98. The van der Waals surface area contributed by atoms with Crippen LogP contribution in [0.1, 0.15) is 16.8 Å². The van der Waals surface area contributed by atoms with Gasteiger partial charge in [-0.05, 0) is 36.2 Å². The first-order chi connectivity index (χ1) is 12.0. The number of nitriles is 1. The van der Waals surface area contributed by atoms with Crippen molar-refractivity contribution >= 4 is 16.6 Å². The lowest BCUT2D eigenvalue weighted by Crippen LogP contribution is -2.02. The summed E-state index contributed by atoms with van der Waals surface area (Å²) in [6, 6.07) is 14.6. The van der Waals surface area contributed by atoms with Crippen molar-refractivity contribution in [2.24, 2.45) is 0 Å². The summed E-state index contributed by atoms with van der Waals surface area (Å²) in [6.45, 7) is 2.57. The van der Waals surface area contributed by atoms with Gasteiger partial charge in [0, 0.05) is 35.3 Å². The average molecular weight is 335 g/mol. The normalized spacial score (nSPS) is 10.6. The zero-order valence-corrected chi connectivity index (χ0v) is 14.0. The smallest absolute Gasteiger partial charge is 0.269 e. The number of nitrogens with zero attached hydrogens (tertiary/aromatic N) is 3. The van der Waals surface area contributed by atoms with Crippen molar-refractivity contribution in [2.75, 3.05) is 7.11 Å². The highest BCUT2D eigenvalue weighted by atomic mass is 16.6. The fourth-order valence-electron chi connectivity index (χ4n) is 3.07. The second kappa shape index (κ2) is 6.65. The van der Waals surface area contributed by atoms with Gasteiger partial charge < -0.3 is 9.30 Å². The third-order valence-corrected chi connectivity index (χ3v) is 4.40. The Kier molecular flexibility index (Phi) is 4.40. The molecule has 6 heteroatoms. The molecule has 0 radical (unpaired) electrons. The summed E-state index contributed by atoms with van der Waals surface area (Å²) >= 11 is 0. The van der Waals surface area contributed by atoms with Crippen LogP contribution < -0.4 is 4.74 Å². The Bertz CT molecular complexity index is 982. The summed E-state index contributed by atoms with van der Waals surface area (Å²) in [4.78, 5) is 10.4. The maximum atomic E-state index is 10.8. The van der Waals surface area contributed by atoms with Crippen molar-refractivity contribution in [1.29, 1.82) is 5.26 Å². The highest BCUT2D eigenvalue weighted by molar-refractivity contribution is 5.87. The minimum atomic E-state index is -0.405. The molecule has 0 unspecified atom stereocenters. The molecule has 126 valence electrons. The maximum Gasteiger partial charge on any atom is 0.269 e. The van der Waals surface area contributed by atoms with Crippen LogP contribution in [-0.2, 0) is 13.0 Å². The van der Waals surface area contributed by atoms with E-state index in [0.29, 0.717) is 13.0 Å². The summed E-state index contributed by atoms with van der Waals surface area (Å²) in [7, 11) is 1.62. The fourth-order valence-corrected chi connectivity index (χ4v) is 3.07. The molecule has 0 N–H and O–H groups in total. The van der Waals surface area contributed by atoms with Gasteiger partial charge in [0.1, 0.15) is 5.75 Å². The molecule has 0 aliphatic heterocycles. The zero-order chi connectivity index (χ0) is 18.0. The number of hydrogen-bond acceptors (Lipinski definition) is 4.